The molecule has 3 rings (SSSR count). The molecule has 140 valence electrons. The highest BCUT2D eigenvalue weighted by atomic mass is 32.2. The van der Waals surface area contributed by atoms with Gasteiger partial charge in [0, 0.05) is 36.0 Å². The fraction of sp³-hybridized carbons (Fsp3) is 0.500. The first-order valence-electron chi connectivity index (χ1n) is 9.03. The van der Waals surface area contributed by atoms with Crippen LogP contribution in [0.4, 0.5) is 10.6 Å². The Morgan fingerprint density at radius 2 is 1.96 bits per heavy atom. The highest BCUT2D eigenvalue weighted by Crippen LogP contribution is 2.30. The predicted octanol–water partition coefficient (Wildman–Crippen LogP) is 4.64. The van der Waals surface area contributed by atoms with Crippen molar-refractivity contribution in [1.82, 2.24) is 14.7 Å². The lowest BCUT2D eigenvalue weighted by Gasteiger charge is -2.23. The van der Waals surface area contributed by atoms with Gasteiger partial charge < -0.3 is 4.90 Å². The van der Waals surface area contributed by atoms with Crippen LogP contribution in [0.1, 0.15) is 44.9 Å². The molecule has 26 heavy (non-hydrogen) atoms. The Morgan fingerprint density at radius 1 is 1.31 bits per heavy atom. The predicted molar refractivity (Wildman–Crippen MR) is 108 cm³/mol. The second-order valence-corrected chi connectivity index (χ2v) is 8.81. The summed E-state index contributed by atoms with van der Waals surface area (Å²) in [5, 5.41) is 7.59. The average Bonchev–Trinajstić information content (AvgIpc) is 3.36. The fourth-order valence-electron chi connectivity index (χ4n) is 2.81. The molecule has 6 heteroatoms. The lowest BCUT2D eigenvalue weighted by atomic mass is 9.92. The summed E-state index contributed by atoms with van der Waals surface area (Å²) in [5.74, 6) is 0.739. The summed E-state index contributed by atoms with van der Waals surface area (Å²) in [7, 11) is 1.87. The number of benzene rings is 1. The first-order valence-corrected chi connectivity index (χ1v) is 10.3. The van der Waals surface area contributed by atoms with Crippen molar-refractivity contribution in [2.24, 2.45) is 7.05 Å². The number of hydrogen-bond acceptors (Lipinski definition) is 3. The molecular weight excluding hydrogens is 344 g/mol. The van der Waals surface area contributed by atoms with Crippen LogP contribution in [0.25, 0.3) is 0 Å². The van der Waals surface area contributed by atoms with Gasteiger partial charge in [-0.15, -0.1) is 11.8 Å². The van der Waals surface area contributed by atoms with E-state index >= 15 is 0 Å². The van der Waals surface area contributed by atoms with Gasteiger partial charge in [0.05, 0.1) is 5.69 Å². The third-order valence-electron chi connectivity index (χ3n) is 4.64. The molecule has 0 spiro atoms. The van der Waals surface area contributed by atoms with Gasteiger partial charge in [-0.05, 0) is 36.8 Å². The zero-order valence-electron chi connectivity index (χ0n) is 16.2. The van der Waals surface area contributed by atoms with Crippen molar-refractivity contribution in [3.05, 3.63) is 41.6 Å². The van der Waals surface area contributed by atoms with Gasteiger partial charge in [-0.25, -0.2) is 4.79 Å². The molecule has 2 amide bonds. The van der Waals surface area contributed by atoms with Crippen LogP contribution >= 0.6 is 11.8 Å². The zero-order chi connectivity index (χ0) is 18.9. The number of hydrogen-bond donors (Lipinski definition) is 1. The van der Waals surface area contributed by atoms with Crippen LogP contribution in [0, 0.1) is 0 Å². The molecular formula is C20H28N4OS. The minimum Gasteiger partial charge on any atom is -0.317 e. The van der Waals surface area contributed by atoms with E-state index in [1.165, 1.54) is 4.90 Å². The van der Waals surface area contributed by atoms with Crippen LogP contribution in [0.15, 0.2) is 35.2 Å². The van der Waals surface area contributed by atoms with E-state index in [1.807, 2.05) is 18.0 Å². The number of urea groups is 1. The van der Waals surface area contributed by atoms with E-state index in [9.17, 15) is 4.79 Å². The van der Waals surface area contributed by atoms with Crippen LogP contribution in [-0.4, -0.2) is 33.0 Å². The SMILES string of the molecule is CSc1ccc(CN(C(=O)Nc2cc(C(C)(C)C)nn2C)C2CC2)cc1. The van der Waals surface area contributed by atoms with E-state index in [1.54, 1.807) is 16.4 Å². The van der Waals surface area contributed by atoms with E-state index in [-0.39, 0.29) is 11.4 Å². The first-order chi connectivity index (χ1) is 12.3. The monoisotopic (exact) mass is 372 g/mol. The lowest BCUT2D eigenvalue weighted by molar-refractivity contribution is 0.206. The molecule has 1 aromatic carbocycles. The number of aryl methyl sites for hydroxylation is 1. The first kappa shape index (κ1) is 18.8. The molecule has 1 aromatic heterocycles. The van der Waals surface area contributed by atoms with Gasteiger partial charge in [0.25, 0.3) is 0 Å². The Bertz CT molecular complexity index is 772. The number of thioether (sulfide) groups is 1. The molecule has 0 radical (unpaired) electrons. The van der Waals surface area contributed by atoms with E-state index in [4.69, 9.17) is 0 Å². The van der Waals surface area contributed by atoms with Gasteiger partial charge in [0.1, 0.15) is 5.82 Å². The number of carbonyl (C=O) groups is 1. The molecule has 1 aliphatic rings. The summed E-state index contributed by atoms with van der Waals surface area (Å²) in [6, 6.07) is 10.7. The minimum atomic E-state index is -0.0510. The second-order valence-electron chi connectivity index (χ2n) is 7.93. The van der Waals surface area contributed by atoms with Crippen LogP contribution in [0.3, 0.4) is 0 Å². The van der Waals surface area contributed by atoms with Crippen LogP contribution in [-0.2, 0) is 19.0 Å². The van der Waals surface area contributed by atoms with Gasteiger partial charge in [0.15, 0.2) is 0 Å². The fourth-order valence-corrected chi connectivity index (χ4v) is 3.22. The van der Waals surface area contributed by atoms with Gasteiger partial charge in [-0.3, -0.25) is 10.00 Å². The molecule has 0 aliphatic heterocycles. The summed E-state index contributed by atoms with van der Waals surface area (Å²) >= 11 is 1.73. The van der Waals surface area contributed by atoms with Gasteiger partial charge in [-0.2, -0.15) is 5.10 Å². The summed E-state index contributed by atoms with van der Waals surface area (Å²) in [6.45, 7) is 7.00. The van der Waals surface area contributed by atoms with E-state index in [2.05, 4.69) is 61.7 Å². The smallest absolute Gasteiger partial charge is 0.317 e. The molecule has 0 saturated heterocycles. The Morgan fingerprint density at radius 3 is 2.46 bits per heavy atom. The Balaban J connectivity index is 1.72. The van der Waals surface area contributed by atoms with Crippen molar-refractivity contribution in [2.45, 2.75) is 56.5 Å². The van der Waals surface area contributed by atoms with E-state index in [0.717, 1.165) is 29.9 Å². The van der Waals surface area contributed by atoms with Gasteiger partial charge in [0.2, 0.25) is 0 Å². The molecule has 1 saturated carbocycles. The topological polar surface area (TPSA) is 50.2 Å². The molecule has 1 aliphatic carbocycles. The van der Waals surface area contributed by atoms with E-state index in [0.29, 0.717) is 12.6 Å². The molecule has 1 fully saturated rings. The second kappa shape index (κ2) is 7.35. The van der Waals surface area contributed by atoms with Crippen molar-refractivity contribution >= 4 is 23.6 Å². The molecule has 2 aromatic rings. The molecule has 0 unspecified atom stereocenters. The number of amides is 2. The molecule has 1 heterocycles. The lowest BCUT2D eigenvalue weighted by Crippen LogP contribution is -2.36. The Kier molecular flexibility index (Phi) is 5.32. The quantitative estimate of drug-likeness (QED) is 0.778. The third kappa shape index (κ3) is 4.41. The number of carbonyl (C=O) groups excluding carboxylic acids is 1. The maximum absolute atomic E-state index is 12.9. The number of nitrogens with zero attached hydrogens (tertiary/aromatic N) is 3. The van der Waals surface area contributed by atoms with Crippen LogP contribution in [0.5, 0.6) is 0 Å². The largest absolute Gasteiger partial charge is 0.323 e. The molecule has 0 atom stereocenters. The standard InChI is InChI=1S/C20H28N4OS/c1-20(2,3)17-12-18(23(4)22-17)21-19(25)24(15-8-9-15)13-14-6-10-16(26-5)11-7-14/h6-7,10-12,15H,8-9,13H2,1-5H3,(H,21,25). The molecule has 5 nitrogen and oxygen atoms in total. The maximum atomic E-state index is 12.9. The van der Waals surface area contributed by atoms with Crippen LogP contribution in [0.2, 0.25) is 0 Å². The van der Waals surface area contributed by atoms with Crippen molar-refractivity contribution in [1.29, 1.82) is 0 Å². The van der Waals surface area contributed by atoms with Crippen molar-refractivity contribution in [3.63, 3.8) is 0 Å². The zero-order valence-corrected chi connectivity index (χ0v) is 17.1. The average molecular weight is 373 g/mol. The number of anilines is 1. The molecule has 1 N–H and O–H groups in total. The normalized spacial score (nSPS) is 14.3. The summed E-state index contributed by atoms with van der Waals surface area (Å²) < 4.78 is 1.75. The highest BCUT2D eigenvalue weighted by molar-refractivity contribution is 7.98. The van der Waals surface area contributed by atoms with Gasteiger partial charge in [-0.1, -0.05) is 32.9 Å². The van der Waals surface area contributed by atoms with Crippen LogP contribution < -0.4 is 5.32 Å². The minimum absolute atomic E-state index is 0.0457. The van der Waals surface area contributed by atoms with Crippen molar-refractivity contribution in [2.75, 3.05) is 11.6 Å². The number of rotatable bonds is 5. The van der Waals surface area contributed by atoms with Crippen molar-refractivity contribution in [3.8, 4) is 0 Å². The third-order valence-corrected chi connectivity index (χ3v) is 5.39. The Labute approximate surface area is 160 Å². The molecule has 0 bridgehead atoms. The number of nitrogens with one attached hydrogen (secondary N) is 1. The number of aromatic nitrogens is 2. The highest BCUT2D eigenvalue weighted by Gasteiger charge is 2.33. The maximum Gasteiger partial charge on any atom is 0.323 e. The summed E-state index contributed by atoms with van der Waals surface area (Å²) in [6.07, 6.45) is 4.22. The summed E-state index contributed by atoms with van der Waals surface area (Å²) in [5.41, 5.74) is 2.09. The summed E-state index contributed by atoms with van der Waals surface area (Å²) in [4.78, 5) is 16.1. The van der Waals surface area contributed by atoms with E-state index < -0.39 is 0 Å². The van der Waals surface area contributed by atoms with Gasteiger partial charge >= 0.3 is 6.03 Å². The Hall–Kier alpha value is -1.95. The van der Waals surface area contributed by atoms with Crippen molar-refractivity contribution < 1.29 is 4.79 Å².